The van der Waals surface area contributed by atoms with Gasteiger partial charge in [0.2, 0.25) is 0 Å². The minimum Gasteiger partial charge on any atom is -0.497 e. The molecule has 0 N–H and O–H groups in total. The Bertz CT molecular complexity index is 248. The second-order valence-electron chi connectivity index (χ2n) is 2.93. The van der Waals surface area contributed by atoms with Crippen LogP contribution >= 0.6 is 0 Å². The Kier molecular flexibility index (Phi) is 2.28. The molecule has 0 amide bonds. The molecule has 0 aliphatic carbocycles. The van der Waals surface area contributed by atoms with Crippen molar-refractivity contribution in [3.8, 4) is 5.75 Å². The number of benzene rings is 1. The number of hydrogen-bond donors (Lipinski definition) is 0. The third-order valence-corrected chi connectivity index (χ3v) is 1.81. The van der Waals surface area contributed by atoms with Crippen molar-refractivity contribution in [1.29, 1.82) is 0 Å². The van der Waals surface area contributed by atoms with Crippen molar-refractivity contribution in [2.45, 2.75) is 6.92 Å². The lowest BCUT2D eigenvalue weighted by molar-refractivity contribution is 0.415. The van der Waals surface area contributed by atoms with E-state index in [9.17, 15) is 0 Å². The fourth-order valence-corrected chi connectivity index (χ4v) is 1.49. The van der Waals surface area contributed by atoms with Crippen molar-refractivity contribution in [2.24, 2.45) is 0 Å². The van der Waals surface area contributed by atoms with Crippen molar-refractivity contribution in [1.82, 2.24) is 0 Å². The molecular weight excluding hydrogens is 134 g/mol. The second kappa shape index (κ2) is 3.04. The molecular formula is C8H12B2O. The third kappa shape index (κ3) is 1.59. The number of aryl methyl sites for hydroxylation is 1. The summed E-state index contributed by atoms with van der Waals surface area (Å²) in [5, 5.41) is 0. The first-order valence-corrected chi connectivity index (χ1v) is 3.77. The molecule has 11 heavy (non-hydrogen) atoms. The highest BCUT2D eigenvalue weighted by Crippen LogP contribution is 2.10. The summed E-state index contributed by atoms with van der Waals surface area (Å²) in [5.41, 5.74) is 3.72. The minimum absolute atomic E-state index is 1.01. The molecule has 0 saturated heterocycles. The van der Waals surface area contributed by atoms with Crippen molar-refractivity contribution in [3.05, 3.63) is 17.7 Å². The molecule has 0 fully saturated rings. The standard InChI is InChI=1S/C8H12B2O/c1-5-3-6(9)4-7(10)8(5)11-2/h3-4H,9-10H2,1-2H3. The van der Waals surface area contributed by atoms with Gasteiger partial charge < -0.3 is 4.74 Å². The van der Waals surface area contributed by atoms with E-state index in [0.29, 0.717) is 0 Å². The van der Waals surface area contributed by atoms with Gasteiger partial charge in [0, 0.05) is 0 Å². The smallest absolute Gasteiger partial charge is 0.144 e. The van der Waals surface area contributed by atoms with Crippen LogP contribution < -0.4 is 15.7 Å². The summed E-state index contributed by atoms with van der Waals surface area (Å²) in [6.07, 6.45) is 0. The average Bonchev–Trinajstić information content (AvgIpc) is 1.85. The first-order valence-electron chi connectivity index (χ1n) is 3.77. The van der Waals surface area contributed by atoms with E-state index in [4.69, 9.17) is 4.74 Å². The minimum atomic E-state index is 1.01. The van der Waals surface area contributed by atoms with E-state index in [1.54, 1.807) is 7.11 Å². The van der Waals surface area contributed by atoms with Crippen LogP contribution in [0, 0.1) is 6.92 Å². The van der Waals surface area contributed by atoms with E-state index in [-0.39, 0.29) is 0 Å². The summed E-state index contributed by atoms with van der Waals surface area (Å²) >= 11 is 0. The highest BCUT2D eigenvalue weighted by molar-refractivity contribution is 6.39. The van der Waals surface area contributed by atoms with E-state index < -0.39 is 0 Å². The maximum Gasteiger partial charge on any atom is 0.144 e. The first kappa shape index (κ1) is 8.25. The molecule has 0 unspecified atom stereocenters. The maximum atomic E-state index is 5.23. The Morgan fingerprint density at radius 1 is 1.27 bits per heavy atom. The Labute approximate surface area is 69.6 Å². The van der Waals surface area contributed by atoms with E-state index >= 15 is 0 Å². The van der Waals surface area contributed by atoms with Gasteiger partial charge in [0.25, 0.3) is 0 Å². The van der Waals surface area contributed by atoms with Crippen LogP contribution in [0.4, 0.5) is 0 Å². The molecule has 1 rings (SSSR count). The van der Waals surface area contributed by atoms with Gasteiger partial charge in [-0.2, -0.15) is 0 Å². The van der Waals surface area contributed by atoms with Gasteiger partial charge in [-0.3, -0.25) is 0 Å². The molecule has 3 heteroatoms. The van der Waals surface area contributed by atoms with Gasteiger partial charge in [0.05, 0.1) is 7.11 Å². The van der Waals surface area contributed by atoms with Crippen LogP contribution in [-0.4, -0.2) is 22.8 Å². The van der Waals surface area contributed by atoms with Gasteiger partial charge in [-0.05, 0) is 17.9 Å². The van der Waals surface area contributed by atoms with Crippen molar-refractivity contribution >= 4 is 26.6 Å². The lowest BCUT2D eigenvalue weighted by atomic mass is 9.85. The SMILES string of the molecule is Bc1cc(B)c(OC)c(C)c1. The van der Waals surface area contributed by atoms with Crippen LogP contribution in [0.15, 0.2) is 12.1 Å². The van der Waals surface area contributed by atoms with E-state index in [1.165, 1.54) is 16.5 Å². The Balaban J connectivity index is 3.25. The zero-order valence-corrected chi connectivity index (χ0v) is 7.56. The molecule has 0 bridgehead atoms. The number of ether oxygens (including phenoxy) is 1. The maximum absolute atomic E-state index is 5.23. The van der Waals surface area contributed by atoms with Gasteiger partial charge in [0.1, 0.15) is 21.4 Å². The van der Waals surface area contributed by atoms with Crippen molar-refractivity contribution in [2.75, 3.05) is 7.11 Å². The van der Waals surface area contributed by atoms with Gasteiger partial charge in [-0.1, -0.05) is 17.6 Å². The Morgan fingerprint density at radius 2 is 1.91 bits per heavy atom. The Hall–Kier alpha value is -0.850. The van der Waals surface area contributed by atoms with E-state index in [2.05, 4.69) is 34.7 Å². The van der Waals surface area contributed by atoms with Crippen molar-refractivity contribution < 1.29 is 4.74 Å². The zero-order valence-electron chi connectivity index (χ0n) is 7.56. The third-order valence-electron chi connectivity index (χ3n) is 1.81. The summed E-state index contributed by atoms with van der Waals surface area (Å²) in [7, 11) is 5.88. The molecule has 0 aliphatic rings. The monoisotopic (exact) mass is 146 g/mol. The first-order chi connectivity index (χ1) is 5.15. The molecule has 1 nitrogen and oxygen atoms in total. The molecule has 0 aromatic heterocycles. The molecule has 0 aliphatic heterocycles. The Morgan fingerprint density at radius 3 is 2.36 bits per heavy atom. The predicted octanol–water partition coefficient (Wildman–Crippen LogP) is -1.48. The number of hydrogen-bond acceptors (Lipinski definition) is 1. The zero-order chi connectivity index (χ0) is 8.43. The molecule has 0 radical (unpaired) electrons. The average molecular weight is 146 g/mol. The van der Waals surface area contributed by atoms with Gasteiger partial charge in [-0.15, -0.1) is 0 Å². The van der Waals surface area contributed by atoms with Gasteiger partial charge in [-0.25, -0.2) is 0 Å². The van der Waals surface area contributed by atoms with Gasteiger partial charge in [0.15, 0.2) is 0 Å². The van der Waals surface area contributed by atoms with E-state index in [1.807, 2.05) is 0 Å². The van der Waals surface area contributed by atoms with Crippen LogP contribution in [0.5, 0.6) is 5.75 Å². The molecule has 1 aromatic carbocycles. The molecule has 0 spiro atoms. The van der Waals surface area contributed by atoms with Crippen LogP contribution in [0.1, 0.15) is 5.56 Å². The molecule has 56 valence electrons. The summed E-state index contributed by atoms with van der Waals surface area (Å²) < 4.78 is 5.23. The predicted molar refractivity (Wildman–Crippen MR) is 54.1 cm³/mol. The summed E-state index contributed by atoms with van der Waals surface area (Å²) in [5.74, 6) is 1.01. The van der Waals surface area contributed by atoms with E-state index in [0.717, 1.165) is 5.75 Å². The lowest BCUT2D eigenvalue weighted by Crippen LogP contribution is -2.17. The topological polar surface area (TPSA) is 9.23 Å². The fourth-order valence-electron chi connectivity index (χ4n) is 1.49. The van der Waals surface area contributed by atoms with Crippen LogP contribution in [0.25, 0.3) is 0 Å². The highest BCUT2D eigenvalue weighted by atomic mass is 16.5. The van der Waals surface area contributed by atoms with Crippen LogP contribution in [-0.2, 0) is 0 Å². The summed E-state index contributed by atoms with van der Waals surface area (Å²) in [6.45, 7) is 2.07. The quantitative estimate of drug-likeness (QED) is 0.439. The summed E-state index contributed by atoms with van der Waals surface area (Å²) in [4.78, 5) is 0. The van der Waals surface area contributed by atoms with Gasteiger partial charge >= 0.3 is 0 Å². The van der Waals surface area contributed by atoms with Crippen molar-refractivity contribution in [3.63, 3.8) is 0 Å². The summed E-state index contributed by atoms with van der Waals surface area (Å²) in [6, 6.07) is 4.26. The molecule has 0 heterocycles. The molecule has 0 saturated carbocycles. The highest BCUT2D eigenvalue weighted by Gasteiger charge is 2.01. The fraction of sp³-hybridized carbons (Fsp3) is 0.250. The largest absolute Gasteiger partial charge is 0.497 e. The lowest BCUT2D eigenvalue weighted by Gasteiger charge is -2.09. The number of rotatable bonds is 1. The van der Waals surface area contributed by atoms with Crippen LogP contribution in [0.2, 0.25) is 0 Å². The second-order valence-corrected chi connectivity index (χ2v) is 2.93. The molecule has 1 aromatic rings. The van der Waals surface area contributed by atoms with Crippen LogP contribution in [0.3, 0.4) is 0 Å². The normalized spacial score (nSPS) is 9.64. The number of methoxy groups -OCH3 is 1. The molecule has 0 atom stereocenters.